The summed E-state index contributed by atoms with van der Waals surface area (Å²) in [4.78, 5) is 35.6. The predicted octanol–water partition coefficient (Wildman–Crippen LogP) is 3.51. The Morgan fingerprint density at radius 3 is 2.08 bits per heavy atom. The van der Waals surface area contributed by atoms with E-state index in [0.717, 1.165) is 12.8 Å². The van der Waals surface area contributed by atoms with Crippen molar-refractivity contribution in [3.05, 3.63) is 29.8 Å². The molecule has 1 aromatic rings. The number of alkyl halides is 2. The molecule has 0 radical (unpaired) electrons. The van der Waals surface area contributed by atoms with Gasteiger partial charge in [0.1, 0.15) is 0 Å². The van der Waals surface area contributed by atoms with Gasteiger partial charge in [-0.15, -0.1) is 0 Å². The molecule has 0 aromatic heterocycles. The molecular formula is C17H23Br2N3O3. The van der Waals surface area contributed by atoms with Gasteiger partial charge in [-0.1, -0.05) is 70.7 Å². The van der Waals surface area contributed by atoms with Crippen LogP contribution in [-0.4, -0.2) is 27.4 Å². The summed E-state index contributed by atoms with van der Waals surface area (Å²) in [5, 5.41) is 2.74. The summed E-state index contributed by atoms with van der Waals surface area (Å²) in [5.74, 6) is -1.03. The summed E-state index contributed by atoms with van der Waals surface area (Å²) < 4.78 is 0. The van der Waals surface area contributed by atoms with E-state index in [4.69, 9.17) is 0 Å². The van der Waals surface area contributed by atoms with Gasteiger partial charge in [0.25, 0.3) is 11.8 Å². The Hall–Kier alpha value is -1.41. The van der Waals surface area contributed by atoms with Gasteiger partial charge in [-0.3, -0.25) is 25.2 Å². The molecule has 6 nitrogen and oxygen atoms in total. The first-order valence-corrected chi connectivity index (χ1v) is 10.0. The van der Waals surface area contributed by atoms with E-state index in [2.05, 4.69) is 48.0 Å². The molecule has 138 valence electrons. The van der Waals surface area contributed by atoms with Crippen molar-refractivity contribution in [3.8, 4) is 0 Å². The van der Waals surface area contributed by atoms with Crippen molar-refractivity contribution in [2.75, 3.05) is 5.32 Å². The van der Waals surface area contributed by atoms with Gasteiger partial charge in [0.05, 0.1) is 20.9 Å². The fourth-order valence-electron chi connectivity index (χ4n) is 2.03. The summed E-state index contributed by atoms with van der Waals surface area (Å²) in [7, 11) is 0. The number of nitrogens with one attached hydrogen (secondary N) is 3. The first-order valence-electron chi connectivity index (χ1n) is 8.18. The minimum Gasteiger partial charge on any atom is -0.324 e. The molecule has 25 heavy (non-hydrogen) atoms. The zero-order valence-electron chi connectivity index (χ0n) is 14.3. The SMILES string of the molecule is CCC[C@@H](Br)C(=O)NNC(=O)c1ccccc1NC(=O)[C@H](Br)CCC. The zero-order valence-corrected chi connectivity index (χ0v) is 17.4. The number of hydrogen-bond donors (Lipinski definition) is 3. The number of anilines is 1. The highest BCUT2D eigenvalue weighted by molar-refractivity contribution is 9.10. The number of halogens is 2. The Bertz CT molecular complexity index is 611. The van der Waals surface area contributed by atoms with Crippen LogP contribution in [0.4, 0.5) is 5.69 Å². The zero-order chi connectivity index (χ0) is 18.8. The lowest BCUT2D eigenvalue weighted by Crippen LogP contribution is -2.45. The van der Waals surface area contributed by atoms with E-state index < -0.39 is 5.91 Å². The fraction of sp³-hybridized carbons (Fsp3) is 0.471. The van der Waals surface area contributed by atoms with Crippen LogP contribution in [-0.2, 0) is 9.59 Å². The Morgan fingerprint density at radius 1 is 0.920 bits per heavy atom. The minimum absolute atomic E-state index is 0.213. The number of para-hydroxylation sites is 1. The van der Waals surface area contributed by atoms with Crippen molar-refractivity contribution in [2.45, 2.75) is 49.2 Å². The monoisotopic (exact) mass is 475 g/mol. The molecule has 2 atom stereocenters. The predicted molar refractivity (Wildman–Crippen MR) is 106 cm³/mol. The van der Waals surface area contributed by atoms with Crippen LogP contribution in [0.5, 0.6) is 0 Å². The van der Waals surface area contributed by atoms with E-state index in [1.54, 1.807) is 24.3 Å². The number of hydrogen-bond acceptors (Lipinski definition) is 3. The maximum Gasteiger partial charge on any atom is 0.271 e. The Kier molecular flexibility index (Phi) is 9.74. The standard InChI is InChI=1S/C17H23Br2N3O3/c1-3-7-12(18)16(24)20-14-10-6-5-9-11(14)15(23)21-22-17(25)13(19)8-4-2/h5-6,9-10,12-13H,3-4,7-8H2,1-2H3,(H,20,24)(H,21,23)(H,22,25)/t12-,13-/m1/s1. The van der Waals surface area contributed by atoms with Crippen molar-refractivity contribution in [1.29, 1.82) is 0 Å². The van der Waals surface area contributed by atoms with E-state index in [1.807, 2.05) is 13.8 Å². The lowest BCUT2D eigenvalue weighted by molar-refractivity contribution is -0.121. The number of carbonyl (C=O) groups excluding carboxylic acids is 3. The van der Waals surface area contributed by atoms with Gasteiger partial charge in [-0.2, -0.15) is 0 Å². The second-order valence-corrected chi connectivity index (χ2v) is 7.70. The molecule has 0 heterocycles. The van der Waals surface area contributed by atoms with Gasteiger partial charge in [0.15, 0.2) is 0 Å². The fourth-order valence-corrected chi connectivity index (χ4v) is 3.18. The van der Waals surface area contributed by atoms with Crippen LogP contribution >= 0.6 is 31.9 Å². The highest BCUT2D eigenvalue weighted by atomic mass is 79.9. The quantitative estimate of drug-likeness (QED) is 0.396. The van der Waals surface area contributed by atoms with Crippen molar-refractivity contribution in [3.63, 3.8) is 0 Å². The van der Waals surface area contributed by atoms with Crippen LogP contribution in [0.25, 0.3) is 0 Å². The molecule has 0 spiro atoms. The van der Waals surface area contributed by atoms with Crippen LogP contribution < -0.4 is 16.2 Å². The van der Waals surface area contributed by atoms with Crippen molar-refractivity contribution in [2.24, 2.45) is 0 Å². The molecule has 8 heteroatoms. The summed E-state index contributed by atoms with van der Waals surface area (Å²) in [6.45, 7) is 3.95. The summed E-state index contributed by atoms with van der Waals surface area (Å²) in [6, 6.07) is 6.64. The molecule has 1 aromatic carbocycles. The Labute approximate surface area is 164 Å². The van der Waals surface area contributed by atoms with Gasteiger partial charge < -0.3 is 5.32 Å². The third-order valence-corrected chi connectivity index (χ3v) is 5.13. The number of hydrazine groups is 1. The van der Waals surface area contributed by atoms with Crippen LogP contribution in [0.2, 0.25) is 0 Å². The van der Waals surface area contributed by atoms with Crippen molar-refractivity contribution < 1.29 is 14.4 Å². The van der Waals surface area contributed by atoms with E-state index >= 15 is 0 Å². The van der Waals surface area contributed by atoms with Gasteiger partial charge in [0.2, 0.25) is 5.91 Å². The van der Waals surface area contributed by atoms with E-state index in [-0.39, 0.29) is 27.0 Å². The average molecular weight is 477 g/mol. The van der Waals surface area contributed by atoms with Crippen LogP contribution in [0.15, 0.2) is 24.3 Å². The smallest absolute Gasteiger partial charge is 0.271 e. The molecule has 1 rings (SSSR count). The second kappa shape index (κ2) is 11.3. The van der Waals surface area contributed by atoms with E-state index in [9.17, 15) is 14.4 Å². The molecular weight excluding hydrogens is 454 g/mol. The Morgan fingerprint density at radius 2 is 1.48 bits per heavy atom. The molecule has 0 aliphatic carbocycles. The molecule has 0 aliphatic heterocycles. The van der Waals surface area contributed by atoms with Crippen LogP contribution in [0.1, 0.15) is 49.9 Å². The van der Waals surface area contributed by atoms with Crippen LogP contribution in [0, 0.1) is 0 Å². The van der Waals surface area contributed by atoms with Gasteiger partial charge in [0, 0.05) is 0 Å². The lowest BCUT2D eigenvalue weighted by atomic mass is 10.1. The van der Waals surface area contributed by atoms with Crippen LogP contribution in [0.3, 0.4) is 0 Å². The molecule has 0 unspecified atom stereocenters. The molecule has 0 fully saturated rings. The number of amides is 3. The number of rotatable bonds is 8. The third-order valence-electron chi connectivity index (χ3n) is 3.38. The molecule has 0 saturated carbocycles. The van der Waals surface area contributed by atoms with Gasteiger partial charge >= 0.3 is 0 Å². The molecule has 3 amide bonds. The van der Waals surface area contributed by atoms with E-state index in [0.29, 0.717) is 18.5 Å². The van der Waals surface area contributed by atoms with Gasteiger partial charge in [-0.25, -0.2) is 0 Å². The lowest BCUT2D eigenvalue weighted by Gasteiger charge is -2.15. The summed E-state index contributed by atoms with van der Waals surface area (Å²) in [5.41, 5.74) is 5.42. The second-order valence-electron chi connectivity index (χ2n) is 5.49. The van der Waals surface area contributed by atoms with Gasteiger partial charge in [-0.05, 0) is 25.0 Å². The maximum atomic E-state index is 12.3. The number of carbonyl (C=O) groups is 3. The average Bonchev–Trinajstić information content (AvgIpc) is 2.60. The Balaban J connectivity index is 2.73. The minimum atomic E-state index is -0.498. The highest BCUT2D eigenvalue weighted by Crippen LogP contribution is 2.17. The summed E-state index contributed by atoms with van der Waals surface area (Å²) >= 11 is 6.59. The first-order chi connectivity index (χ1) is 11.9. The summed E-state index contributed by atoms with van der Waals surface area (Å²) in [6.07, 6.45) is 3.07. The normalized spacial score (nSPS) is 12.8. The molecule has 0 saturated heterocycles. The topological polar surface area (TPSA) is 87.3 Å². The third kappa shape index (κ3) is 7.15. The molecule has 3 N–H and O–H groups in total. The van der Waals surface area contributed by atoms with Crippen molar-refractivity contribution >= 4 is 55.3 Å². The number of benzene rings is 1. The van der Waals surface area contributed by atoms with Crippen molar-refractivity contribution in [1.82, 2.24) is 10.9 Å². The largest absolute Gasteiger partial charge is 0.324 e. The highest BCUT2D eigenvalue weighted by Gasteiger charge is 2.19. The van der Waals surface area contributed by atoms with E-state index in [1.165, 1.54) is 0 Å². The molecule has 0 bridgehead atoms. The molecule has 0 aliphatic rings. The maximum absolute atomic E-state index is 12.3. The first kappa shape index (κ1) is 21.6.